The van der Waals surface area contributed by atoms with E-state index in [0.29, 0.717) is 26.1 Å². The van der Waals surface area contributed by atoms with Crippen molar-refractivity contribution < 1.29 is 4.74 Å². The Bertz CT molecular complexity index is 574. The summed E-state index contributed by atoms with van der Waals surface area (Å²) in [6, 6.07) is 8.45. The fraction of sp³-hybridized carbons (Fsp3) is 0.0833. The van der Waals surface area contributed by atoms with Gasteiger partial charge in [0.15, 0.2) is 0 Å². The van der Waals surface area contributed by atoms with Crippen molar-refractivity contribution in [3.8, 4) is 5.75 Å². The van der Waals surface area contributed by atoms with Crippen LogP contribution in [-0.4, -0.2) is 4.98 Å². The number of halogens is 4. The fourth-order valence-electron chi connectivity index (χ4n) is 1.28. The lowest BCUT2D eigenvalue weighted by Crippen LogP contribution is -1.97. The second-order valence-electron chi connectivity index (χ2n) is 3.45. The molecule has 0 fully saturated rings. The van der Waals surface area contributed by atoms with Crippen LogP contribution in [0.25, 0.3) is 0 Å². The van der Waals surface area contributed by atoms with Crippen LogP contribution in [0.5, 0.6) is 5.75 Å². The first-order chi connectivity index (χ1) is 8.56. The zero-order chi connectivity index (χ0) is 13.1. The van der Waals surface area contributed by atoms with Crippen molar-refractivity contribution in [3.63, 3.8) is 0 Å². The van der Waals surface area contributed by atoms with Crippen molar-refractivity contribution in [3.05, 3.63) is 56.2 Å². The molecule has 0 aliphatic heterocycles. The van der Waals surface area contributed by atoms with Crippen molar-refractivity contribution in [2.75, 3.05) is 0 Å². The number of nitrogens with zero attached hydrogens (tertiary/aromatic N) is 1. The van der Waals surface area contributed by atoms with Crippen LogP contribution in [0.4, 0.5) is 0 Å². The van der Waals surface area contributed by atoms with Crippen LogP contribution in [-0.2, 0) is 6.61 Å². The van der Waals surface area contributed by atoms with E-state index in [1.54, 1.807) is 30.3 Å². The number of hydrogen-bond donors (Lipinski definition) is 0. The van der Waals surface area contributed by atoms with Crippen molar-refractivity contribution in [1.29, 1.82) is 0 Å². The molecule has 2 aromatic rings. The second kappa shape index (κ2) is 5.98. The highest BCUT2D eigenvalue weighted by atomic mass is 35.5. The first-order valence-corrected chi connectivity index (χ1v) is 6.46. The average Bonchev–Trinajstić information content (AvgIpc) is 2.32. The van der Waals surface area contributed by atoms with Gasteiger partial charge in [-0.1, -0.05) is 46.4 Å². The van der Waals surface area contributed by atoms with Crippen LogP contribution in [0.2, 0.25) is 20.4 Å². The maximum absolute atomic E-state index is 5.93. The number of benzene rings is 1. The minimum Gasteiger partial charge on any atom is -0.489 e. The SMILES string of the molecule is Clc1ccc(COc2ccc(Cl)c(Cl)c2)c(Cl)n1. The lowest BCUT2D eigenvalue weighted by Gasteiger charge is -2.08. The standard InChI is InChI=1S/C12H7Cl4NO/c13-9-3-2-8(5-10(9)14)18-6-7-1-4-11(15)17-12(7)16/h1-5H,6H2. The molecule has 0 amide bonds. The normalized spacial score (nSPS) is 10.4. The number of rotatable bonds is 3. The number of ether oxygens (including phenoxy) is 1. The molecule has 0 spiro atoms. The minimum absolute atomic E-state index is 0.279. The molecule has 0 unspecified atom stereocenters. The van der Waals surface area contributed by atoms with Gasteiger partial charge < -0.3 is 4.74 Å². The van der Waals surface area contributed by atoms with E-state index in [1.807, 2.05) is 0 Å². The smallest absolute Gasteiger partial charge is 0.137 e. The third-order valence-electron chi connectivity index (χ3n) is 2.18. The highest BCUT2D eigenvalue weighted by molar-refractivity contribution is 6.42. The lowest BCUT2D eigenvalue weighted by atomic mass is 10.3. The zero-order valence-corrected chi connectivity index (χ0v) is 12.0. The van der Waals surface area contributed by atoms with Gasteiger partial charge in [-0.05, 0) is 24.3 Å². The molecule has 18 heavy (non-hydrogen) atoms. The van der Waals surface area contributed by atoms with Gasteiger partial charge in [0.05, 0.1) is 10.0 Å². The number of hydrogen-bond acceptors (Lipinski definition) is 2. The van der Waals surface area contributed by atoms with Gasteiger partial charge >= 0.3 is 0 Å². The molecular weight excluding hydrogens is 316 g/mol. The van der Waals surface area contributed by atoms with E-state index in [-0.39, 0.29) is 6.61 Å². The Kier molecular flexibility index (Phi) is 4.57. The molecule has 0 atom stereocenters. The predicted molar refractivity (Wildman–Crippen MR) is 75.1 cm³/mol. The Morgan fingerprint density at radius 3 is 2.39 bits per heavy atom. The van der Waals surface area contributed by atoms with Crippen LogP contribution < -0.4 is 4.74 Å². The topological polar surface area (TPSA) is 22.1 Å². The Morgan fingerprint density at radius 2 is 1.72 bits per heavy atom. The molecule has 0 aliphatic rings. The molecule has 0 aliphatic carbocycles. The molecular formula is C12H7Cl4NO. The van der Waals surface area contributed by atoms with Crippen LogP contribution in [0.1, 0.15) is 5.56 Å². The van der Waals surface area contributed by atoms with Gasteiger partial charge in [-0.15, -0.1) is 0 Å². The van der Waals surface area contributed by atoms with Gasteiger partial charge in [-0.2, -0.15) is 0 Å². The molecule has 0 N–H and O–H groups in total. The highest BCUT2D eigenvalue weighted by Gasteiger charge is 2.05. The Morgan fingerprint density at radius 1 is 0.944 bits per heavy atom. The summed E-state index contributed by atoms with van der Waals surface area (Å²) in [5.74, 6) is 0.607. The van der Waals surface area contributed by atoms with Gasteiger partial charge in [-0.3, -0.25) is 0 Å². The van der Waals surface area contributed by atoms with Crippen molar-refractivity contribution >= 4 is 46.4 Å². The minimum atomic E-state index is 0.279. The number of aromatic nitrogens is 1. The zero-order valence-electron chi connectivity index (χ0n) is 8.96. The van der Waals surface area contributed by atoms with E-state index >= 15 is 0 Å². The molecule has 0 radical (unpaired) electrons. The largest absolute Gasteiger partial charge is 0.489 e. The third-order valence-corrected chi connectivity index (χ3v) is 3.45. The van der Waals surface area contributed by atoms with Crippen LogP contribution >= 0.6 is 46.4 Å². The van der Waals surface area contributed by atoms with Gasteiger partial charge in [0.2, 0.25) is 0 Å². The van der Waals surface area contributed by atoms with E-state index < -0.39 is 0 Å². The van der Waals surface area contributed by atoms with Crippen molar-refractivity contribution in [2.45, 2.75) is 6.61 Å². The van der Waals surface area contributed by atoms with E-state index in [0.717, 1.165) is 5.56 Å². The van der Waals surface area contributed by atoms with E-state index in [1.165, 1.54) is 0 Å². The summed E-state index contributed by atoms with van der Waals surface area (Å²) in [5, 5.41) is 1.59. The van der Waals surface area contributed by atoms with E-state index in [4.69, 9.17) is 51.1 Å². The maximum atomic E-state index is 5.93. The first kappa shape index (κ1) is 13.8. The Balaban J connectivity index is 2.09. The van der Waals surface area contributed by atoms with Crippen LogP contribution in [0.3, 0.4) is 0 Å². The van der Waals surface area contributed by atoms with Crippen LogP contribution in [0.15, 0.2) is 30.3 Å². The molecule has 0 bridgehead atoms. The molecule has 2 rings (SSSR count). The average molecular weight is 323 g/mol. The van der Waals surface area contributed by atoms with Gasteiger partial charge in [0, 0.05) is 11.6 Å². The fourth-order valence-corrected chi connectivity index (χ4v) is 1.96. The molecule has 1 aromatic carbocycles. The lowest BCUT2D eigenvalue weighted by molar-refractivity contribution is 0.306. The highest BCUT2D eigenvalue weighted by Crippen LogP contribution is 2.27. The Hall–Kier alpha value is -0.670. The maximum Gasteiger partial charge on any atom is 0.137 e. The number of pyridine rings is 1. The molecule has 6 heteroatoms. The van der Waals surface area contributed by atoms with Crippen molar-refractivity contribution in [1.82, 2.24) is 4.98 Å². The molecule has 1 aromatic heterocycles. The predicted octanol–water partition coefficient (Wildman–Crippen LogP) is 5.27. The van der Waals surface area contributed by atoms with E-state index in [2.05, 4.69) is 4.98 Å². The first-order valence-electron chi connectivity index (χ1n) is 4.95. The summed E-state index contributed by atoms with van der Waals surface area (Å²) in [7, 11) is 0. The molecule has 94 valence electrons. The summed E-state index contributed by atoms with van der Waals surface area (Å²) in [5.41, 5.74) is 0.743. The summed E-state index contributed by atoms with van der Waals surface area (Å²) >= 11 is 23.3. The monoisotopic (exact) mass is 321 g/mol. The Labute approximate surface area is 124 Å². The molecule has 0 saturated heterocycles. The third kappa shape index (κ3) is 3.42. The van der Waals surface area contributed by atoms with Gasteiger partial charge in [0.25, 0.3) is 0 Å². The summed E-state index contributed by atoms with van der Waals surface area (Å²) in [6.07, 6.45) is 0. The molecule has 1 heterocycles. The summed E-state index contributed by atoms with van der Waals surface area (Å²) < 4.78 is 5.54. The molecule has 2 nitrogen and oxygen atoms in total. The van der Waals surface area contributed by atoms with Gasteiger partial charge in [-0.25, -0.2) is 4.98 Å². The molecule has 0 saturated carbocycles. The van der Waals surface area contributed by atoms with Crippen molar-refractivity contribution in [2.24, 2.45) is 0 Å². The summed E-state index contributed by atoms with van der Waals surface area (Å²) in [6.45, 7) is 0.279. The quantitative estimate of drug-likeness (QED) is 0.718. The second-order valence-corrected chi connectivity index (χ2v) is 5.01. The summed E-state index contributed by atoms with van der Waals surface area (Å²) in [4.78, 5) is 3.92. The van der Waals surface area contributed by atoms with E-state index in [9.17, 15) is 0 Å². The van der Waals surface area contributed by atoms with Gasteiger partial charge in [0.1, 0.15) is 22.7 Å². The van der Waals surface area contributed by atoms with Crippen LogP contribution in [0, 0.1) is 0 Å².